The molecule has 5 aromatic rings. The third-order valence-corrected chi connectivity index (χ3v) is 9.14. The Kier molecular flexibility index (Phi) is 7.48. The minimum Gasteiger partial charge on any atom is -0.392 e. The van der Waals surface area contributed by atoms with Crippen molar-refractivity contribution in [2.75, 3.05) is 31.6 Å². The van der Waals surface area contributed by atoms with Crippen molar-refractivity contribution in [1.29, 1.82) is 0 Å². The molecule has 1 amide bonds. The second kappa shape index (κ2) is 11.5. The Balaban J connectivity index is 1.21. The van der Waals surface area contributed by atoms with Crippen LogP contribution in [-0.4, -0.2) is 67.2 Å². The summed E-state index contributed by atoms with van der Waals surface area (Å²) in [6, 6.07) is 11.4. The van der Waals surface area contributed by atoms with Crippen LogP contribution in [0.3, 0.4) is 0 Å². The lowest BCUT2D eigenvalue weighted by Crippen LogP contribution is -2.67. The number of likely N-dealkylation sites (tertiary alicyclic amines) is 1. The van der Waals surface area contributed by atoms with E-state index in [0.29, 0.717) is 65.5 Å². The molecular weight excluding hydrogens is 617 g/mol. The number of aromatic amines is 1. The van der Waals surface area contributed by atoms with Crippen LogP contribution in [-0.2, 0) is 16.8 Å². The third-order valence-electron chi connectivity index (χ3n) is 9.14. The number of pyridine rings is 1. The van der Waals surface area contributed by atoms with Gasteiger partial charge in [-0.15, -0.1) is 0 Å². The second-order valence-corrected chi connectivity index (χ2v) is 13.6. The Labute approximate surface area is 274 Å². The lowest BCUT2D eigenvalue weighted by atomic mass is 9.78. The molecule has 7 rings (SSSR count). The molecule has 0 aliphatic carbocycles. The van der Waals surface area contributed by atoms with E-state index < -0.39 is 23.5 Å². The van der Waals surface area contributed by atoms with Gasteiger partial charge >= 0.3 is 0 Å². The highest BCUT2D eigenvalue weighted by Crippen LogP contribution is 2.38. The first-order valence-corrected chi connectivity index (χ1v) is 15.5. The summed E-state index contributed by atoms with van der Waals surface area (Å²) in [5, 5.41) is 25.0. The monoisotopic (exact) mass is 651 g/mol. The Morgan fingerprint density at radius 3 is 2.54 bits per heavy atom. The standard InChI is InChI=1S/C35H34FN7O5/c1-19-29(40-41-31(45)30(19)39-27-9-8-20(12-37-27)32(46)42-15-35(16-42)17-48-18-35)23-6-5-7-26(24(23)14-44)43-33(47)28-21(13-38-43)10-22(11-25(28)36)34(2,3)4/h5-13,44H,14-18H2,1-4H3,(H,41,45)(H,37,39,40). The molecule has 0 radical (unpaired) electrons. The van der Waals surface area contributed by atoms with Gasteiger partial charge in [0.25, 0.3) is 17.0 Å². The van der Waals surface area contributed by atoms with Crippen molar-refractivity contribution in [3.05, 3.63) is 104 Å². The van der Waals surface area contributed by atoms with Crippen LogP contribution in [0.2, 0.25) is 0 Å². The van der Waals surface area contributed by atoms with E-state index in [4.69, 9.17) is 4.74 Å². The third kappa shape index (κ3) is 5.24. The average molecular weight is 652 g/mol. The zero-order valence-electron chi connectivity index (χ0n) is 26.9. The second-order valence-electron chi connectivity index (χ2n) is 13.6. The minimum atomic E-state index is -0.676. The van der Waals surface area contributed by atoms with E-state index in [2.05, 4.69) is 25.6 Å². The SMILES string of the molecule is Cc1c(-c2cccc(-n3ncc4cc(C(C)(C)C)cc(F)c4c3=O)c2CO)n[nH]c(=O)c1Nc1ccc(C(=O)N2CC3(COC3)C2)cn1. The van der Waals surface area contributed by atoms with E-state index >= 15 is 4.39 Å². The molecule has 2 fully saturated rings. The number of aliphatic hydroxyl groups excluding tert-OH is 1. The molecule has 246 valence electrons. The molecule has 0 saturated carbocycles. The Morgan fingerprint density at radius 2 is 1.90 bits per heavy atom. The van der Waals surface area contributed by atoms with Gasteiger partial charge in [0.05, 0.1) is 53.8 Å². The predicted octanol–water partition coefficient (Wildman–Crippen LogP) is 3.98. The molecule has 2 aromatic carbocycles. The Bertz CT molecular complexity index is 2210. The first-order chi connectivity index (χ1) is 22.9. The summed E-state index contributed by atoms with van der Waals surface area (Å²) in [7, 11) is 0. The molecule has 3 N–H and O–H groups in total. The Hall–Kier alpha value is -5.27. The number of carbonyl (C=O) groups is 1. The number of ether oxygens (including phenoxy) is 1. The van der Waals surface area contributed by atoms with E-state index in [1.54, 1.807) is 48.2 Å². The number of carbonyl (C=O) groups excluding carboxylic acids is 1. The maximum absolute atomic E-state index is 15.4. The van der Waals surface area contributed by atoms with Crippen LogP contribution in [0.25, 0.3) is 27.7 Å². The van der Waals surface area contributed by atoms with Crippen LogP contribution >= 0.6 is 0 Å². The number of anilines is 2. The fourth-order valence-corrected chi connectivity index (χ4v) is 6.33. The van der Waals surface area contributed by atoms with Gasteiger partial charge in [-0.1, -0.05) is 32.9 Å². The zero-order valence-corrected chi connectivity index (χ0v) is 26.9. The Morgan fingerprint density at radius 1 is 1.12 bits per heavy atom. The average Bonchev–Trinajstić information content (AvgIpc) is 3.01. The van der Waals surface area contributed by atoms with Crippen LogP contribution < -0.4 is 16.4 Å². The maximum Gasteiger partial charge on any atom is 0.288 e. The lowest BCUT2D eigenvalue weighted by Gasteiger charge is -2.54. The first-order valence-electron chi connectivity index (χ1n) is 15.5. The molecule has 0 bridgehead atoms. The van der Waals surface area contributed by atoms with Crippen molar-refractivity contribution in [3.63, 3.8) is 0 Å². The molecule has 2 saturated heterocycles. The van der Waals surface area contributed by atoms with Crippen LogP contribution in [0.5, 0.6) is 0 Å². The molecule has 2 aliphatic rings. The summed E-state index contributed by atoms with van der Waals surface area (Å²) in [4.78, 5) is 45.6. The number of nitrogens with one attached hydrogen (secondary N) is 2. The fraction of sp³-hybridized carbons (Fsp3) is 0.314. The van der Waals surface area contributed by atoms with Gasteiger partial charge in [0.15, 0.2) is 0 Å². The summed E-state index contributed by atoms with van der Waals surface area (Å²) >= 11 is 0. The number of aromatic nitrogens is 5. The smallest absolute Gasteiger partial charge is 0.288 e. The summed E-state index contributed by atoms with van der Waals surface area (Å²) < 4.78 is 21.7. The molecule has 1 spiro atoms. The minimum absolute atomic E-state index is 0.105. The summed E-state index contributed by atoms with van der Waals surface area (Å²) in [6.07, 6.45) is 2.90. The van der Waals surface area contributed by atoms with Gasteiger partial charge in [-0.3, -0.25) is 14.4 Å². The molecule has 0 unspecified atom stereocenters. The summed E-state index contributed by atoms with van der Waals surface area (Å²) in [5.74, 6) is -0.428. The quantitative estimate of drug-likeness (QED) is 0.247. The van der Waals surface area contributed by atoms with Crippen LogP contribution in [0.15, 0.2) is 64.4 Å². The topological polar surface area (TPSA) is 155 Å². The number of amides is 1. The van der Waals surface area contributed by atoms with Gasteiger partial charge in [-0.05, 0) is 48.2 Å². The molecule has 3 aromatic heterocycles. The van der Waals surface area contributed by atoms with Crippen molar-refractivity contribution in [1.82, 2.24) is 29.9 Å². The highest BCUT2D eigenvalue weighted by atomic mass is 19.1. The normalized spacial score (nSPS) is 15.3. The molecular formula is C35H34FN7O5. The summed E-state index contributed by atoms with van der Waals surface area (Å²) in [6.45, 7) is 9.75. The van der Waals surface area contributed by atoms with E-state index in [0.717, 1.165) is 10.2 Å². The van der Waals surface area contributed by atoms with E-state index in [-0.39, 0.29) is 33.5 Å². The highest BCUT2D eigenvalue weighted by Gasteiger charge is 2.50. The van der Waals surface area contributed by atoms with Crippen molar-refractivity contribution in [2.24, 2.45) is 5.41 Å². The number of nitrogens with zero attached hydrogens (tertiary/aromatic N) is 5. The van der Waals surface area contributed by atoms with Gasteiger partial charge in [-0.2, -0.15) is 14.9 Å². The fourth-order valence-electron chi connectivity index (χ4n) is 6.33. The molecule has 12 nitrogen and oxygen atoms in total. The van der Waals surface area contributed by atoms with Crippen molar-refractivity contribution < 1.29 is 19.0 Å². The van der Waals surface area contributed by atoms with Crippen molar-refractivity contribution in [2.45, 2.75) is 39.7 Å². The highest BCUT2D eigenvalue weighted by molar-refractivity contribution is 5.95. The predicted molar refractivity (Wildman–Crippen MR) is 177 cm³/mol. The van der Waals surface area contributed by atoms with E-state index in [9.17, 15) is 19.5 Å². The van der Waals surface area contributed by atoms with Crippen molar-refractivity contribution in [3.8, 4) is 16.9 Å². The van der Waals surface area contributed by atoms with E-state index in [1.165, 1.54) is 18.5 Å². The molecule has 2 aliphatic heterocycles. The van der Waals surface area contributed by atoms with Crippen LogP contribution in [0.1, 0.15) is 47.8 Å². The number of benzene rings is 2. The first kappa shape index (κ1) is 31.3. The number of hydrogen-bond donors (Lipinski definition) is 3. The number of hydrogen-bond acceptors (Lipinski definition) is 9. The number of halogens is 1. The molecule has 48 heavy (non-hydrogen) atoms. The molecule has 0 atom stereocenters. The zero-order chi connectivity index (χ0) is 34.0. The van der Waals surface area contributed by atoms with Crippen LogP contribution in [0.4, 0.5) is 15.9 Å². The maximum atomic E-state index is 15.4. The van der Waals surface area contributed by atoms with Gasteiger partial charge in [0.1, 0.15) is 17.3 Å². The number of aliphatic hydroxyl groups is 1. The number of H-pyrrole nitrogens is 1. The summed E-state index contributed by atoms with van der Waals surface area (Å²) in [5.41, 5.74) is 1.67. The number of fused-ring (bicyclic) bond motifs is 1. The number of rotatable bonds is 6. The molecule has 5 heterocycles. The van der Waals surface area contributed by atoms with Crippen LogP contribution in [0, 0.1) is 18.2 Å². The van der Waals surface area contributed by atoms with Crippen molar-refractivity contribution >= 4 is 28.2 Å². The van der Waals surface area contributed by atoms with Gasteiger partial charge in [-0.25, -0.2) is 14.5 Å². The molecule has 13 heteroatoms. The van der Waals surface area contributed by atoms with E-state index in [1.807, 2.05) is 20.8 Å². The van der Waals surface area contributed by atoms with Gasteiger partial charge in [0, 0.05) is 41.4 Å². The lowest BCUT2D eigenvalue weighted by molar-refractivity contribution is -0.176. The van der Waals surface area contributed by atoms with Gasteiger partial charge < -0.3 is 20.1 Å². The van der Waals surface area contributed by atoms with Gasteiger partial charge in [0.2, 0.25) is 0 Å². The largest absolute Gasteiger partial charge is 0.392 e.